The van der Waals surface area contributed by atoms with Gasteiger partial charge in [-0.25, -0.2) is 0 Å². The van der Waals surface area contributed by atoms with E-state index in [4.69, 9.17) is 4.74 Å². The second kappa shape index (κ2) is 7.38. The van der Waals surface area contributed by atoms with Gasteiger partial charge in [-0.2, -0.15) is 0 Å². The molecule has 2 heteroatoms. The molecule has 1 aliphatic heterocycles. The lowest BCUT2D eigenvalue weighted by molar-refractivity contribution is 0.0986. The first-order chi connectivity index (χ1) is 7.99. The zero-order valence-electron chi connectivity index (χ0n) is 12.2. The van der Waals surface area contributed by atoms with Gasteiger partial charge in [0.05, 0.1) is 6.10 Å². The Balaban J connectivity index is 2.06. The Labute approximate surface area is 108 Å². The summed E-state index contributed by atoms with van der Waals surface area (Å²) in [6.45, 7) is 12.5. The predicted molar refractivity (Wildman–Crippen MR) is 74.3 cm³/mol. The molecule has 1 N–H and O–H groups in total. The van der Waals surface area contributed by atoms with Gasteiger partial charge in [0.2, 0.25) is 0 Å². The Hall–Kier alpha value is -0.0800. The van der Waals surface area contributed by atoms with E-state index >= 15 is 0 Å². The molecule has 1 rings (SSSR count). The summed E-state index contributed by atoms with van der Waals surface area (Å²) in [5, 5.41) is 3.57. The molecule has 1 atom stereocenters. The largest absolute Gasteiger partial charge is 0.378 e. The van der Waals surface area contributed by atoms with Gasteiger partial charge in [-0.05, 0) is 43.6 Å². The molecule has 1 unspecified atom stereocenters. The zero-order valence-corrected chi connectivity index (χ0v) is 12.2. The Morgan fingerprint density at radius 3 is 2.71 bits per heavy atom. The number of rotatable bonds is 8. The van der Waals surface area contributed by atoms with Crippen molar-refractivity contribution in [2.24, 2.45) is 11.3 Å². The quantitative estimate of drug-likeness (QED) is 0.701. The van der Waals surface area contributed by atoms with E-state index in [0.717, 1.165) is 25.6 Å². The molecule has 0 aromatic rings. The summed E-state index contributed by atoms with van der Waals surface area (Å²) in [6, 6.07) is 0. The maximum Gasteiger partial charge on any atom is 0.0576 e. The van der Waals surface area contributed by atoms with Gasteiger partial charge in [0.25, 0.3) is 0 Å². The standard InChI is InChI=1S/C15H31NO/c1-13(2)11-16-12-15(3,4)9-5-7-14-8-6-10-17-14/h13-14,16H,5-12H2,1-4H3. The molecule has 0 aliphatic carbocycles. The third-order valence-electron chi connectivity index (χ3n) is 3.56. The van der Waals surface area contributed by atoms with Crippen molar-refractivity contribution in [3.63, 3.8) is 0 Å². The van der Waals surface area contributed by atoms with Crippen LogP contribution >= 0.6 is 0 Å². The average Bonchev–Trinajstić information content (AvgIpc) is 2.69. The Kier molecular flexibility index (Phi) is 6.50. The minimum absolute atomic E-state index is 0.424. The Morgan fingerprint density at radius 1 is 1.35 bits per heavy atom. The molecule has 0 spiro atoms. The SMILES string of the molecule is CC(C)CNCC(C)(C)CCCC1CCCO1. The van der Waals surface area contributed by atoms with Crippen LogP contribution in [-0.2, 0) is 4.74 Å². The van der Waals surface area contributed by atoms with E-state index in [1.165, 1.54) is 32.1 Å². The molecule has 0 bridgehead atoms. The number of hydrogen-bond donors (Lipinski definition) is 1. The highest BCUT2D eigenvalue weighted by Crippen LogP contribution is 2.25. The van der Waals surface area contributed by atoms with Gasteiger partial charge in [-0.3, -0.25) is 0 Å². The second-order valence-corrected chi connectivity index (χ2v) is 6.72. The van der Waals surface area contributed by atoms with Crippen LogP contribution < -0.4 is 5.32 Å². The molecule has 102 valence electrons. The molecule has 1 fully saturated rings. The van der Waals surface area contributed by atoms with Crippen LogP contribution in [0.4, 0.5) is 0 Å². The summed E-state index contributed by atoms with van der Waals surface area (Å²) in [7, 11) is 0. The van der Waals surface area contributed by atoms with Crippen LogP contribution in [0.1, 0.15) is 59.8 Å². The van der Waals surface area contributed by atoms with Crippen LogP contribution in [-0.4, -0.2) is 25.8 Å². The van der Waals surface area contributed by atoms with Gasteiger partial charge < -0.3 is 10.1 Å². The fraction of sp³-hybridized carbons (Fsp3) is 1.00. The highest BCUT2D eigenvalue weighted by Gasteiger charge is 2.20. The van der Waals surface area contributed by atoms with E-state index in [9.17, 15) is 0 Å². The van der Waals surface area contributed by atoms with E-state index in [-0.39, 0.29) is 0 Å². The third-order valence-corrected chi connectivity index (χ3v) is 3.56. The molecule has 1 saturated heterocycles. The summed E-state index contributed by atoms with van der Waals surface area (Å²) in [4.78, 5) is 0. The van der Waals surface area contributed by atoms with E-state index in [2.05, 4.69) is 33.0 Å². The average molecular weight is 241 g/mol. The molecule has 1 aliphatic rings. The van der Waals surface area contributed by atoms with E-state index in [1.807, 2.05) is 0 Å². The minimum atomic E-state index is 0.424. The monoisotopic (exact) mass is 241 g/mol. The van der Waals surface area contributed by atoms with Crippen molar-refractivity contribution in [1.82, 2.24) is 5.32 Å². The lowest BCUT2D eigenvalue weighted by Crippen LogP contribution is -2.31. The molecule has 0 amide bonds. The molecule has 17 heavy (non-hydrogen) atoms. The van der Waals surface area contributed by atoms with Crippen LogP contribution in [0.25, 0.3) is 0 Å². The van der Waals surface area contributed by atoms with Crippen LogP contribution in [0.15, 0.2) is 0 Å². The van der Waals surface area contributed by atoms with Gasteiger partial charge >= 0.3 is 0 Å². The molecule has 0 aromatic heterocycles. The van der Waals surface area contributed by atoms with E-state index < -0.39 is 0 Å². The predicted octanol–water partition coefficient (Wildman–Crippen LogP) is 3.61. The van der Waals surface area contributed by atoms with Crippen molar-refractivity contribution in [2.75, 3.05) is 19.7 Å². The van der Waals surface area contributed by atoms with E-state index in [0.29, 0.717) is 11.5 Å². The fourth-order valence-corrected chi connectivity index (χ4v) is 2.47. The second-order valence-electron chi connectivity index (χ2n) is 6.72. The molecule has 2 nitrogen and oxygen atoms in total. The highest BCUT2D eigenvalue weighted by molar-refractivity contribution is 4.74. The third kappa shape index (κ3) is 7.05. The Morgan fingerprint density at radius 2 is 2.12 bits per heavy atom. The van der Waals surface area contributed by atoms with Crippen LogP contribution in [0.3, 0.4) is 0 Å². The fourth-order valence-electron chi connectivity index (χ4n) is 2.47. The molecular formula is C15H31NO. The van der Waals surface area contributed by atoms with Gasteiger partial charge in [-0.1, -0.05) is 34.1 Å². The highest BCUT2D eigenvalue weighted by atomic mass is 16.5. The van der Waals surface area contributed by atoms with Crippen molar-refractivity contribution >= 4 is 0 Å². The summed E-state index contributed by atoms with van der Waals surface area (Å²) >= 11 is 0. The number of hydrogen-bond acceptors (Lipinski definition) is 2. The summed E-state index contributed by atoms with van der Waals surface area (Å²) in [5.74, 6) is 0.748. The number of ether oxygens (including phenoxy) is 1. The van der Waals surface area contributed by atoms with Gasteiger partial charge in [0.15, 0.2) is 0 Å². The number of nitrogens with one attached hydrogen (secondary N) is 1. The lowest BCUT2D eigenvalue weighted by Gasteiger charge is -2.26. The van der Waals surface area contributed by atoms with Crippen molar-refractivity contribution in [3.8, 4) is 0 Å². The van der Waals surface area contributed by atoms with Crippen molar-refractivity contribution in [2.45, 2.75) is 65.9 Å². The minimum Gasteiger partial charge on any atom is -0.378 e. The Bertz CT molecular complexity index is 195. The van der Waals surface area contributed by atoms with Crippen LogP contribution in [0.5, 0.6) is 0 Å². The zero-order chi connectivity index (χ0) is 12.7. The van der Waals surface area contributed by atoms with Gasteiger partial charge in [0, 0.05) is 13.2 Å². The summed E-state index contributed by atoms with van der Waals surface area (Å²) in [6.07, 6.45) is 6.98. The molecule has 0 aromatic carbocycles. The van der Waals surface area contributed by atoms with Crippen LogP contribution in [0, 0.1) is 11.3 Å². The molecule has 1 heterocycles. The van der Waals surface area contributed by atoms with Crippen molar-refractivity contribution in [3.05, 3.63) is 0 Å². The first kappa shape index (κ1) is 15.0. The maximum absolute atomic E-state index is 5.66. The summed E-state index contributed by atoms with van der Waals surface area (Å²) < 4.78 is 5.66. The van der Waals surface area contributed by atoms with Crippen molar-refractivity contribution in [1.29, 1.82) is 0 Å². The topological polar surface area (TPSA) is 21.3 Å². The molecular weight excluding hydrogens is 210 g/mol. The van der Waals surface area contributed by atoms with Crippen molar-refractivity contribution < 1.29 is 4.74 Å². The maximum atomic E-state index is 5.66. The first-order valence-corrected chi connectivity index (χ1v) is 7.32. The normalized spacial score (nSPS) is 21.4. The molecule has 0 saturated carbocycles. The molecule has 0 radical (unpaired) electrons. The van der Waals surface area contributed by atoms with E-state index in [1.54, 1.807) is 0 Å². The van der Waals surface area contributed by atoms with Gasteiger partial charge in [-0.15, -0.1) is 0 Å². The lowest BCUT2D eigenvalue weighted by atomic mass is 9.86. The van der Waals surface area contributed by atoms with Crippen LogP contribution in [0.2, 0.25) is 0 Å². The smallest absolute Gasteiger partial charge is 0.0576 e. The first-order valence-electron chi connectivity index (χ1n) is 7.32. The van der Waals surface area contributed by atoms with Gasteiger partial charge in [0.1, 0.15) is 0 Å². The summed E-state index contributed by atoms with van der Waals surface area (Å²) in [5.41, 5.74) is 0.424.